The molecule has 0 bridgehead atoms. The molecule has 0 amide bonds. The van der Waals surface area contributed by atoms with Gasteiger partial charge in [0.25, 0.3) is 0 Å². The molecule has 0 saturated heterocycles. The first kappa shape index (κ1) is 69.3. The van der Waals surface area contributed by atoms with E-state index in [1.165, 1.54) is 0 Å². The van der Waals surface area contributed by atoms with Gasteiger partial charge in [-0.1, -0.05) is 73.8 Å². The Morgan fingerprint density at radius 2 is 0.430 bits per heavy atom. The third kappa shape index (κ3) is 11.2. The van der Waals surface area contributed by atoms with Crippen LogP contribution < -0.4 is 18.9 Å². The van der Waals surface area contributed by atoms with E-state index in [2.05, 4.69) is 32.1 Å². The second-order valence-corrected chi connectivity index (χ2v) is 20.6. The highest BCUT2D eigenvalue weighted by Crippen LogP contribution is 2.59. The third-order valence-electron chi connectivity index (χ3n) is 13.6. The quantitative estimate of drug-likeness (QED) is 0.0709. The molecule has 0 N–H and O–H groups in total. The molecule has 8 aromatic rings. The molecule has 0 unspecified atom stereocenters. The van der Waals surface area contributed by atoms with Crippen LogP contribution in [-0.2, 0) is 20.7 Å². The van der Waals surface area contributed by atoms with Crippen molar-refractivity contribution < 1.29 is 150 Å². The fourth-order valence-corrected chi connectivity index (χ4v) is 10.8. The summed E-state index contributed by atoms with van der Waals surface area (Å²) in [5.74, 6) is -56.1. The monoisotopic (exact) mass is 1380 g/mol. The van der Waals surface area contributed by atoms with Gasteiger partial charge in [-0.2, -0.15) is 87.8 Å². The smallest absolute Gasteiger partial charge is 0.411 e. The Hall–Kier alpha value is -9.57. The van der Waals surface area contributed by atoms with Crippen LogP contribution in [0.2, 0.25) is 0 Å². The topological polar surface area (TPSA) is 71.1 Å². The summed E-state index contributed by atoms with van der Waals surface area (Å²) in [6.45, 7) is 5.87. The Morgan fingerprint density at radius 3 is 0.581 bits per heavy atom. The van der Waals surface area contributed by atoms with Crippen LogP contribution in [0.5, 0.6) is 46.0 Å². The first-order valence-electron chi connectivity index (χ1n) is 24.3. The lowest BCUT2D eigenvalue weighted by atomic mass is 9.73. The van der Waals surface area contributed by atoms with Crippen LogP contribution in [-0.4, -0.2) is 33.1 Å². The molecule has 0 aromatic heterocycles. The van der Waals surface area contributed by atoms with E-state index in [0.29, 0.717) is 12.2 Å². The van der Waals surface area contributed by atoms with Gasteiger partial charge in [-0.3, -0.25) is 0 Å². The SMILES string of the molecule is C=Cc1c(F)c(F)c(Oc2ccc(C(c3ccc(Oc4c(F)c(F)c(S(=O)(=O)c5c(F)c(F)c(Oc6ccc(C(c7ccc(Oc8c(F)c(F)c(C=C)c(F)c8F)cc7)(C(F)(F)F)C(F)(F)F)cc6)c(F)c5F)c(F)c4F)cc3)(C(F)(F)F)C(F)(F)F)cc2)c(F)c1F. The van der Waals surface area contributed by atoms with Crippen molar-refractivity contribution in [2.75, 3.05) is 0 Å². The van der Waals surface area contributed by atoms with Gasteiger partial charge in [0.2, 0.25) is 90.2 Å². The summed E-state index contributed by atoms with van der Waals surface area (Å²) in [6.07, 6.45) is -25.2. The van der Waals surface area contributed by atoms with E-state index >= 15 is 35.1 Å². The van der Waals surface area contributed by atoms with Crippen molar-refractivity contribution in [3.05, 3.63) is 237 Å². The molecular weight excluding hydrogens is 1360 g/mol. The minimum Gasteiger partial charge on any atom is -0.451 e. The summed E-state index contributed by atoms with van der Waals surface area (Å²) in [5, 5.41) is 0. The number of rotatable bonds is 16. The van der Waals surface area contributed by atoms with Crippen molar-refractivity contribution in [1.82, 2.24) is 0 Å². The van der Waals surface area contributed by atoms with E-state index in [1.807, 2.05) is 0 Å². The predicted molar refractivity (Wildman–Crippen MR) is 263 cm³/mol. The van der Waals surface area contributed by atoms with Crippen molar-refractivity contribution in [1.29, 1.82) is 0 Å². The molecule has 0 fully saturated rings. The molecule has 492 valence electrons. The van der Waals surface area contributed by atoms with Gasteiger partial charge in [-0.25, -0.2) is 43.5 Å². The lowest BCUT2D eigenvalue weighted by Crippen LogP contribution is -2.54. The second kappa shape index (κ2) is 24.2. The van der Waals surface area contributed by atoms with E-state index in [9.17, 15) is 96.2 Å². The van der Waals surface area contributed by atoms with Gasteiger partial charge < -0.3 is 18.9 Å². The van der Waals surface area contributed by atoms with Gasteiger partial charge in [0.15, 0.2) is 46.5 Å². The van der Waals surface area contributed by atoms with Gasteiger partial charge in [-0.05, 0) is 70.8 Å². The first-order chi connectivity index (χ1) is 43.0. The Balaban J connectivity index is 1.08. The zero-order chi connectivity index (χ0) is 69.5. The number of halogens is 28. The number of sulfone groups is 1. The van der Waals surface area contributed by atoms with Crippen LogP contribution >= 0.6 is 0 Å². The van der Waals surface area contributed by atoms with E-state index in [4.69, 9.17) is 0 Å². The Morgan fingerprint density at radius 1 is 0.269 bits per heavy atom. The zero-order valence-corrected chi connectivity index (χ0v) is 45.1. The number of hydrogen-bond acceptors (Lipinski definition) is 6. The maximum Gasteiger partial charge on any atom is 0.411 e. The van der Waals surface area contributed by atoms with Gasteiger partial charge in [-0.15, -0.1) is 0 Å². The molecule has 0 heterocycles. The summed E-state index contributed by atoms with van der Waals surface area (Å²) in [7, 11) is -7.09. The Kier molecular flexibility index (Phi) is 18.0. The number of alkyl halides is 12. The van der Waals surface area contributed by atoms with E-state index in [0.717, 1.165) is 0 Å². The van der Waals surface area contributed by atoms with Gasteiger partial charge in [0, 0.05) is 0 Å². The molecule has 0 radical (unpaired) electrons. The highest BCUT2D eigenvalue weighted by molar-refractivity contribution is 7.91. The Labute approximate surface area is 499 Å². The zero-order valence-electron chi connectivity index (χ0n) is 44.2. The number of hydrogen-bond donors (Lipinski definition) is 0. The minimum atomic E-state index is -7.09. The van der Waals surface area contributed by atoms with Crippen molar-refractivity contribution >= 4 is 22.0 Å². The van der Waals surface area contributed by atoms with Crippen LogP contribution in [0.1, 0.15) is 33.4 Å². The summed E-state index contributed by atoms with van der Waals surface area (Å²) >= 11 is 0. The summed E-state index contributed by atoms with van der Waals surface area (Å²) in [6, 6.07) is 0.498. The van der Waals surface area contributed by atoms with Gasteiger partial charge in [0.05, 0.1) is 11.1 Å². The van der Waals surface area contributed by atoms with Crippen LogP contribution in [0, 0.1) is 93.1 Å². The summed E-state index contributed by atoms with van der Waals surface area (Å²) in [4.78, 5) is -6.30. The van der Waals surface area contributed by atoms with Crippen molar-refractivity contribution in [3.8, 4) is 46.0 Å². The summed E-state index contributed by atoms with van der Waals surface area (Å²) in [5.41, 5.74) is -20.4. The van der Waals surface area contributed by atoms with Crippen molar-refractivity contribution in [2.45, 2.75) is 45.3 Å². The first-order valence-corrected chi connectivity index (χ1v) is 25.8. The molecule has 0 aliphatic rings. The molecule has 93 heavy (non-hydrogen) atoms. The maximum atomic E-state index is 15.7. The van der Waals surface area contributed by atoms with Crippen LogP contribution in [0.4, 0.5) is 123 Å². The molecular formula is C58H22F28O6S. The lowest BCUT2D eigenvalue weighted by molar-refractivity contribution is -0.290. The van der Waals surface area contributed by atoms with Crippen molar-refractivity contribution in [2.24, 2.45) is 0 Å². The van der Waals surface area contributed by atoms with Crippen molar-refractivity contribution in [3.63, 3.8) is 0 Å². The molecule has 0 atom stereocenters. The molecule has 6 nitrogen and oxygen atoms in total. The highest BCUT2D eigenvalue weighted by Gasteiger charge is 2.74. The van der Waals surface area contributed by atoms with Crippen LogP contribution in [0.3, 0.4) is 0 Å². The van der Waals surface area contributed by atoms with Gasteiger partial charge in [0.1, 0.15) is 32.8 Å². The minimum absolute atomic E-state index is 0.00730. The molecule has 0 saturated carbocycles. The largest absolute Gasteiger partial charge is 0.451 e. The maximum absolute atomic E-state index is 15.7. The predicted octanol–water partition coefficient (Wildman–Crippen LogP) is 20.0. The fourth-order valence-electron chi connectivity index (χ4n) is 9.26. The van der Waals surface area contributed by atoms with E-state index < -0.39 is 228 Å². The van der Waals surface area contributed by atoms with Crippen LogP contribution in [0.25, 0.3) is 12.2 Å². The lowest BCUT2D eigenvalue weighted by Gasteiger charge is -2.38. The standard InChI is InChI=1S/C58H22F28O6S/c1-3-29-31(59)35(63)47(36(64)32(29)60)89-25-13-5-21(6-14-25)53(55(75,76)77,56(78,79)80)23-9-17-27(18-10-23)91-49-39(67)43(71)51(44(72)40(49)68)93(87,88)52-45(73)41(69)50(42(70)46(52)74)92-28-19-11-24(12-20-28)54(57(81,82)83,58(84,85)86)22-7-15-26(16-8-22)90-48-37(65)33(61)30(4-2)34(62)38(48)66/h3-20H,1-2H2. The van der Waals surface area contributed by atoms with E-state index in [-0.39, 0.29) is 97.1 Å². The average molecular weight is 1380 g/mol. The fraction of sp³-hybridized carbons (Fsp3) is 0.103. The molecule has 8 rings (SSSR count). The Bertz CT molecular complexity index is 4010. The summed E-state index contributed by atoms with van der Waals surface area (Å²) < 4.78 is 465. The molecule has 0 aliphatic heterocycles. The third-order valence-corrected chi connectivity index (χ3v) is 15.3. The molecule has 0 aliphatic carbocycles. The number of benzene rings is 8. The molecule has 8 aromatic carbocycles. The molecule has 35 heteroatoms. The highest BCUT2D eigenvalue weighted by atomic mass is 32.2. The molecule has 0 spiro atoms. The average Bonchev–Trinajstić information content (AvgIpc) is 0.733. The second-order valence-electron chi connectivity index (χ2n) is 18.7. The van der Waals surface area contributed by atoms with Gasteiger partial charge >= 0.3 is 24.7 Å². The van der Waals surface area contributed by atoms with Crippen LogP contribution in [0.15, 0.2) is 120 Å². The number of ether oxygens (including phenoxy) is 4. The normalized spacial score (nSPS) is 12.7. The van der Waals surface area contributed by atoms with E-state index in [1.54, 1.807) is 0 Å².